The van der Waals surface area contributed by atoms with E-state index in [9.17, 15) is 21.2 Å². The number of sulfonamides is 1. The van der Waals surface area contributed by atoms with Crippen molar-refractivity contribution in [1.82, 2.24) is 4.31 Å². The summed E-state index contributed by atoms with van der Waals surface area (Å²) >= 11 is 0. The SMILES string of the molecule is CC(C)N(C(C)C)S(=O)(=O)c1cccc(COc2ccc(S(=O)(=O)C/C(F)=C/CN)cc2)c1.Cl. The predicted octanol–water partition coefficient (Wildman–Crippen LogP) is 4.08. The van der Waals surface area contributed by atoms with Gasteiger partial charge in [0.1, 0.15) is 23.9 Å². The van der Waals surface area contributed by atoms with Crippen LogP contribution in [-0.2, 0) is 26.5 Å². The molecule has 34 heavy (non-hydrogen) atoms. The molecule has 0 aliphatic heterocycles. The highest BCUT2D eigenvalue weighted by Gasteiger charge is 2.29. The highest BCUT2D eigenvalue weighted by atomic mass is 35.5. The van der Waals surface area contributed by atoms with Gasteiger partial charge in [0.2, 0.25) is 10.0 Å². The summed E-state index contributed by atoms with van der Waals surface area (Å²) < 4.78 is 71.4. The summed E-state index contributed by atoms with van der Waals surface area (Å²) in [5.74, 6) is -1.16. The molecule has 0 saturated heterocycles. The van der Waals surface area contributed by atoms with Crippen molar-refractivity contribution in [2.24, 2.45) is 5.73 Å². The highest BCUT2D eigenvalue weighted by Crippen LogP contribution is 2.23. The molecule has 0 aliphatic carbocycles. The van der Waals surface area contributed by atoms with Crippen LogP contribution in [0.25, 0.3) is 0 Å². The summed E-state index contributed by atoms with van der Waals surface area (Å²) in [6.45, 7) is 7.33. The first-order valence-corrected chi connectivity index (χ1v) is 13.6. The van der Waals surface area contributed by atoms with Crippen LogP contribution < -0.4 is 10.5 Å². The summed E-state index contributed by atoms with van der Waals surface area (Å²) in [7, 11) is -7.51. The largest absolute Gasteiger partial charge is 0.489 e. The maximum absolute atomic E-state index is 13.6. The predicted molar refractivity (Wildman–Crippen MR) is 134 cm³/mol. The van der Waals surface area contributed by atoms with E-state index in [4.69, 9.17) is 10.5 Å². The van der Waals surface area contributed by atoms with Crippen LogP contribution in [0, 0.1) is 0 Å². The average Bonchev–Trinajstić information content (AvgIpc) is 2.71. The van der Waals surface area contributed by atoms with Gasteiger partial charge < -0.3 is 10.5 Å². The third-order valence-corrected chi connectivity index (χ3v) is 8.64. The van der Waals surface area contributed by atoms with Crippen LogP contribution in [0.15, 0.2) is 70.2 Å². The molecule has 0 bridgehead atoms. The summed E-state index contributed by atoms with van der Waals surface area (Å²) in [4.78, 5) is 0.144. The molecule has 7 nitrogen and oxygen atoms in total. The van der Waals surface area contributed by atoms with Crippen LogP contribution in [0.1, 0.15) is 33.3 Å². The van der Waals surface area contributed by atoms with Crippen molar-refractivity contribution < 1.29 is 26.0 Å². The first-order chi connectivity index (χ1) is 15.4. The van der Waals surface area contributed by atoms with Crippen molar-refractivity contribution in [2.45, 2.75) is 56.2 Å². The molecule has 11 heteroatoms. The summed E-state index contributed by atoms with van der Waals surface area (Å²) in [5.41, 5.74) is 5.85. The Morgan fingerprint density at radius 2 is 1.59 bits per heavy atom. The molecule has 0 amide bonds. The van der Waals surface area contributed by atoms with Gasteiger partial charge in [-0.2, -0.15) is 4.31 Å². The van der Waals surface area contributed by atoms with E-state index in [1.165, 1.54) is 28.6 Å². The van der Waals surface area contributed by atoms with Crippen LogP contribution in [0.5, 0.6) is 5.75 Å². The minimum atomic E-state index is -3.84. The molecule has 0 heterocycles. The van der Waals surface area contributed by atoms with Gasteiger partial charge in [-0.05, 0) is 75.7 Å². The molecule has 0 saturated carbocycles. The molecule has 0 atom stereocenters. The molecule has 2 aromatic rings. The lowest BCUT2D eigenvalue weighted by Crippen LogP contribution is -2.41. The zero-order chi connectivity index (χ0) is 24.8. The number of rotatable bonds is 11. The molecule has 0 unspecified atom stereocenters. The second kappa shape index (κ2) is 12.6. The maximum atomic E-state index is 13.6. The summed E-state index contributed by atoms with van der Waals surface area (Å²) in [6.07, 6.45) is 1.02. The number of benzene rings is 2. The molecule has 190 valence electrons. The lowest BCUT2D eigenvalue weighted by molar-refractivity contribution is 0.301. The monoisotopic (exact) mass is 534 g/mol. The Labute approximate surface area is 208 Å². The second-order valence-corrected chi connectivity index (χ2v) is 11.9. The Bertz CT molecular complexity index is 1170. The fraction of sp³-hybridized carbons (Fsp3) is 0.391. The standard InChI is InChI=1S/C23H31FN2O5S2.ClH/c1-17(2)26(18(3)4)33(29,30)23-7-5-6-19(14-23)15-31-21-8-10-22(11-9-21)32(27,28)16-20(24)12-13-25;/h5-12,14,17-18H,13,15-16,25H2,1-4H3;1H/b20-12-;. The molecule has 0 aliphatic rings. The molecule has 2 aromatic carbocycles. The van der Waals surface area contributed by atoms with Crippen molar-refractivity contribution in [3.05, 3.63) is 66.0 Å². The fourth-order valence-corrected chi connectivity index (χ4v) is 6.53. The molecule has 2 rings (SSSR count). The Kier molecular flexibility index (Phi) is 11.2. The number of nitrogens with two attached hydrogens (primary N) is 1. The van der Waals surface area contributed by atoms with Gasteiger partial charge in [-0.3, -0.25) is 0 Å². The number of hydrogen-bond donors (Lipinski definition) is 1. The van der Waals surface area contributed by atoms with E-state index >= 15 is 0 Å². The van der Waals surface area contributed by atoms with Crippen molar-refractivity contribution in [2.75, 3.05) is 12.3 Å². The molecule has 0 spiro atoms. The number of sulfone groups is 1. The van der Waals surface area contributed by atoms with Gasteiger partial charge in [0.25, 0.3) is 0 Å². The van der Waals surface area contributed by atoms with Gasteiger partial charge in [0, 0.05) is 18.6 Å². The molecular weight excluding hydrogens is 503 g/mol. The second-order valence-electron chi connectivity index (χ2n) is 8.08. The lowest BCUT2D eigenvalue weighted by Gasteiger charge is -2.29. The van der Waals surface area contributed by atoms with E-state index in [0.29, 0.717) is 11.3 Å². The zero-order valence-electron chi connectivity index (χ0n) is 19.6. The Morgan fingerprint density at radius 1 is 1.00 bits per heavy atom. The number of halogens is 2. The first-order valence-electron chi connectivity index (χ1n) is 10.5. The fourth-order valence-electron chi connectivity index (χ4n) is 3.43. The quantitative estimate of drug-likeness (QED) is 0.465. The van der Waals surface area contributed by atoms with Crippen molar-refractivity contribution in [3.8, 4) is 5.75 Å². The van der Waals surface area contributed by atoms with Gasteiger partial charge in [-0.25, -0.2) is 21.2 Å². The van der Waals surface area contributed by atoms with Crippen molar-refractivity contribution in [1.29, 1.82) is 0 Å². The van der Waals surface area contributed by atoms with Crippen molar-refractivity contribution >= 4 is 32.3 Å². The van der Waals surface area contributed by atoms with E-state index in [1.54, 1.807) is 24.3 Å². The molecular formula is C23H32ClFN2O5S2. The number of nitrogens with zero attached hydrogens (tertiary/aromatic N) is 1. The van der Waals surface area contributed by atoms with Gasteiger partial charge in [0.05, 0.1) is 9.79 Å². The van der Waals surface area contributed by atoms with E-state index < -0.39 is 31.4 Å². The van der Waals surface area contributed by atoms with E-state index in [-0.39, 0.29) is 47.4 Å². The van der Waals surface area contributed by atoms with Crippen LogP contribution >= 0.6 is 12.4 Å². The van der Waals surface area contributed by atoms with Crippen LogP contribution in [0.2, 0.25) is 0 Å². The van der Waals surface area contributed by atoms with Gasteiger partial charge in [-0.1, -0.05) is 12.1 Å². The Balaban J connectivity index is 0.00000578. The average molecular weight is 535 g/mol. The molecule has 0 aromatic heterocycles. The van der Waals surface area contributed by atoms with E-state index in [0.717, 1.165) is 6.08 Å². The number of hydrogen-bond acceptors (Lipinski definition) is 6. The van der Waals surface area contributed by atoms with Crippen molar-refractivity contribution in [3.63, 3.8) is 0 Å². The van der Waals surface area contributed by atoms with Crippen LogP contribution in [0.4, 0.5) is 4.39 Å². The van der Waals surface area contributed by atoms with Crippen LogP contribution in [-0.4, -0.2) is 45.5 Å². The minimum absolute atomic E-state index is 0. The normalized spacial score (nSPS) is 12.8. The Hall–Kier alpha value is -1.98. The molecule has 0 fully saturated rings. The summed E-state index contributed by atoms with van der Waals surface area (Å²) in [6, 6.07) is 11.8. The van der Waals surface area contributed by atoms with Gasteiger partial charge in [-0.15, -0.1) is 12.4 Å². The topological polar surface area (TPSA) is 107 Å². The van der Waals surface area contributed by atoms with Crippen LogP contribution in [0.3, 0.4) is 0 Å². The third-order valence-electron chi connectivity index (χ3n) is 4.75. The minimum Gasteiger partial charge on any atom is -0.489 e. The highest BCUT2D eigenvalue weighted by molar-refractivity contribution is 7.91. The molecule has 0 radical (unpaired) electrons. The smallest absolute Gasteiger partial charge is 0.243 e. The van der Waals surface area contributed by atoms with Gasteiger partial charge >= 0.3 is 0 Å². The number of ether oxygens (including phenoxy) is 1. The Morgan fingerprint density at radius 3 is 2.12 bits per heavy atom. The van der Waals surface area contributed by atoms with Gasteiger partial charge in [0.15, 0.2) is 9.84 Å². The lowest BCUT2D eigenvalue weighted by atomic mass is 10.2. The maximum Gasteiger partial charge on any atom is 0.243 e. The third kappa shape index (κ3) is 7.78. The summed E-state index contributed by atoms with van der Waals surface area (Å²) in [5, 5.41) is 0. The first kappa shape index (κ1) is 30.1. The van der Waals surface area contributed by atoms with E-state index in [2.05, 4.69) is 0 Å². The molecule has 2 N–H and O–H groups in total. The van der Waals surface area contributed by atoms with E-state index in [1.807, 2.05) is 27.7 Å². The zero-order valence-corrected chi connectivity index (χ0v) is 22.1.